The first kappa shape index (κ1) is 35.2. The normalized spacial score (nSPS) is 33.4. The number of halogens is 1. The molecule has 21 nitrogen and oxygen atoms in total. The molecule has 1 aromatic heterocycles. The van der Waals surface area contributed by atoms with E-state index in [2.05, 4.69) is 14.2 Å². The molecule has 2 saturated heterocycles. The standard InChI is InChI=1S/C9H13FN2O12P2.C8H15NO6/c10-12-5(13)1-2-11(9(12)16)8-7(15)6(14)4(23-8)3-22-26(20,21)24-25(17,18)19;1-3(11)9-5-7(13)6(12)4(2-10)15-8(5)14/h1-2,4,6-8,14-15H,3H2,(H,20,21)(H2,17,18,19);4-8,10,12-14H,2H2,1H3,(H,9,11)/t4-,6-,7-,8-;4-,5-,6-,7-,8?/m11/s1. The molecule has 41 heavy (non-hydrogen) atoms. The number of rotatable bonds is 8. The zero-order valence-corrected chi connectivity index (χ0v) is 22.4. The predicted octanol–water partition coefficient (Wildman–Crippen LogP) is -5.49. The van der Waals surface area contributed by atoms with Gasteiger partial charge in [-0.25, -0.2) is 13.9 Å². The lowest BCUT2D eigenvalue weighted by molar-refractivity contribution is -0.253. The van der Waals surface area contributed by atoms with Gasteiger partial charge >= 0.3 is 21.3 Å². The molecule has 1 aromatic rings. The second-order valence-corrected chi connectivity index (χ2v) is 11.3. The Kier molecular flexibility index (Phi) is 12.0. The third-order valence-corrected chi connectivity index (χ3v) is 7.60. The topological polar surface area (TPSA) is 326 Å². The lowest BCUT2D eigenvalue weighted by Gasteiger charge is -2.40. The summed E-state index contributed by atoms with van der Waals surface area (Å²) in [4.78, 5) is 58.7. The number of phosphoric acid groups is 2. The van der Waals surface area contributed by atoms with E-state index in [0.29, 0.717) is 10.6 Å². The van der Waals surface area contributed by atoms with Crippen molar-refractivity contribution in [1.82, 2.24) is 14.7 Å². The van der Waals surface area contributed by atoms with E-state index in [1.807, 2.05) is 0 Å². The van der Waals surface area contributed by atoms with E-state index < -0.39 is 106 Å². The number of phosphoric ester groups is 1. The molecule has 2 aliphatic rings. The molecule has 1 amide bonds. The first-order chi connectivity index (χ1) is 18.8. The largest absolute Gasteiger partial charge is 0.481 e. The summed E-state index contributed by atoms with van der Waals surface area (Å²) in [5.74, 6) is -0.462. The fourth-order valence-corrected chi connectivity index (χ4v) is 5.17. The van der Waals surface area contributed by atoms with Crippen LogP contribution in [-0.4, -0.2) is 123 Å². The van der Waals surface area contributed by atoms with E-state index in [-0.39, 0.29) is 0 Å². The van der Waals surface area contributed by atoms with E-state index in [4.69, 9.17) is 29.3 Å². The van der Waals surface area contributed by atoms with Crippen LogP contribution in [0.25, 0.3) is 0 Å². The minimum Gasteiger partial charge on any atom is -0.394 e. The Labute approximate surface area is 227 Å². The molecule has 0 spiro atoms. The highest BCUT2D eigenvalue weighted by atomic mass is 31.3. The highest BCUT2D eigenvalue weighted by Gasteiger charge is 2.46. The van der Waals surface area contributed by atoms with Gasteiger partial charge in [-0.15, -0.1) is 0 Å². The second kappa shape index (κ2) is 14.0. The van der Waals surface area contributed by atoms with Crippen LogP contribution in [0.3, 0.4) is 0 Å². The molecule has 0 radical (unpaired) electrons. The van der Waals surface area contributed by atoms with Crippen molar-refractivity contribution in [2.45, 2.75) is 62.1 Å². The second-order valence-electron chi connectivity index (χ2n) is 8.46. The minimum absolute atomic E-state index is 0.444. The van der Waals surface area contributed by atoms with Crippen molar-refractivity contribution in [2.75, 3.05) is 13.2 Å². The Hall–Kier alpha value is -1.98. The Bertz CT molecular complexity index is 1270. The highest BCUT2D eigenvalue weighted by molar-refractivity contribution is 7.60. The number of aliphatic hydroxyl groups excluding tert-OH is 6. The fourth-order valence-electron chi connectivity index (χ4n) is 3.57. The van der Waals surface area contributed by atoms with Crippen molar-refractivity contribution >= 4 is 21.6 Å². The van der Waals surface area contributed by atoms with Crippen LogP contribution >= 0.6 is 15.6 Å². The molecule has 3 rings (SSSR count). The van der Waals surface area contributed by atoms with Crippen molar-refractivity contribution in [3.05, 3.63) is 33.1 Å². The van der Waals surface area contributed by atoms with Gasteiger partial charge in [0.05, 0.1) is 13.2 Å². The Balaban J connectivity index is 0.000000333. The molecular weight excluding hydrogens is 615 g/mol. The zero-order valence-electron chi connectivity index (χ0n) is 20.6. The third-order valence-electron chi connectivity index (χ3n) is 5.45. The average molecular weight is 643 g/mol. The number of hydrogen-bond donors (Lipinski definition) is 10. The molecule has 10 N–H and O–H groups in total. The zero-order chi connectivity index (χ0) is 31.4. The number of nitrogens with zero attached hydrogens (tertiary/aromatic N) is 2. The van der Waals surface area contributed by atoms with Crippen molar-refractivity contribution < 1.29 is 82.0 Å². The van der Waals surface area contributed by atoms with Gasteiger partial charge < -0.3 is 60.1 Å². The highest BCUT2D eigenvalue weighted by Crippen LogP contribution is 2.57. The van der Waals surface area contributed by atoms with Crippen LogP contribution < -0.4 is 16.6 Å². The molecule has 0 aromatic carbocycles. The fraction of sp³-hybridized carbons (Fsp3) is 0.706. The quantitative estimate of drug-likeness (QED) is 0.118. The van der Waals surface area contributed by atoms with Gasteiger partial charge in [0.25, 0.3) is 5.56 Å². The molecular formula is C17H28FN3O18P2. The molecule has 0 bridgehead atoms. The van der Waals surface area contributed by atoms with Gasteiger partial charge in [0.15, 0.2) is 12.5 Å². The SMILES string of the molecule is CC(=O)N[C@H]1C(O)O[C@H](CO)[C@@H](O)[C@@H]1O.O=c1ccn([C@@H]2O[C@H](COP(=O)(O)OP(=O)(O)O)[C@@H](O)[C@H]2O)c(=O)n1F. The minimum atomic E-state index is -5.36. The number of nitrogens with one attached hydrogen (secondary N) is 1. The van der Waals surface area contributed by atoms with E-state index in [1.165, 1.54) is 6.92 Å². The van der Waals surface area contributed by atoms with Crippen molar-refractivity contribution in [3.63, 3.8) is 0 Å². The van der Waals surface area contributed by atoms with Crippen LogP contribution in [0.2, 0.25) is 0 Å². The maximum Gasteiger partial charge on any atom is 0.481 e. The summed E-state index contributed by atoms with van der Waals surface area (Å²) in [6.45, 7) is -0.307. The summed E-state index contributed by atoms with van der Waals surface area (Å²) in [5.41, 5.74) is -2.80. The van der Waals surface area contributed by atoms with Crippen LogP contribution in [0.15, 0.2) is 21.9 Å². The van der Waals surface area contributed by atoms with Gasteiger partial charge in [-0.1, -0.05) is 9.27 Å². The van der Waals surface area contributed by atoms with Gasteiger partial charge in [-0.2, -0.15) is 4.31 Å². The van der Waals surface area contributed by atoms with Crippen molar-refractivity contribution in [3.8, 4) is 0 Å². The average Bonchev–Trinajstić information content (AvgIpc) is 3.13. The number of amides is 1. The third kappa shape index (κ3) is 9.25. The number of ether oxygens (including phenoxy) is 2. The molecule has 24 heteroatoms. The van der Waals surface area contributed by atoms with Crippen molar-refractivity contribution in [2.24, 2.45) is 0 Å². The van der Waals surface area contributed by atoms with E-state index in [0.717, 1.165) is 6.20 Å². The van der Waals surface area contributed by atoms with E-state index in [1.54, 1.807) is 0 Å². The van der Waals surface area contributed by atoms with Crippen molar-refractivity contribution in [1.29, 1.82) is 0 Å². The first-order valence-electron chi connectivity index (χ1n) is 11.1. The summed E-state index contributed by atoms with van der Waals surface area (Å²) in [7, 11) is -10.6. The Morgan fingerprint density at radius 2 is 1.61 bits per heavy atom. The molecule has 0 aliphatic carbocycles. The summed E-state index contributed by atoms with van der Waals surface area (Å²) < 4.78 is 53.3. The molecule has 10 atom stereocenters. The maximum absolute atomic E-state index is 13.3. The summed E-state index contributed by atoms with van der Waals surface area (Å²) in [5, 5.41) is 59.1. The molecule has 2 aliphatic heterocycles. The van der Waals surface area contributed by atoms with Gasteiger partial charge in [-0.3, -0.25) is 18.7 Å². The smallest absolute Gasteiger partial charge is 0.394 e. The molecule has 2 fully saturated rings. The molecule has 0 saturated carbocycles. The number of carbonyl (C=O) groups excluding carboxylic acids is 1. The number of hydrogen-bond acceptors (Lipinski definition) is 15. The maximum atomic E-state index is 13.3. The summed E-state index contributed by atoms with van der Waals surface area (Å²) in [6.07, 6.45) is -11.3. The lowest BCUT2D eigenvalue weighted by Crippen LogP contribution is -2.63. The molecule has 236 valence electrons. The number of carbonyl (C=O) groups is 1. The van der Waals surface area contributed by atoms with Gasteiger partial charge in [0, 0.05) is 19.2 Å². The van der Waals surface area contributed by atoms with E-state index >= 15 is 0 Å². The first-order valence-corrected chi connectivity index (χ1v) is 14.2. The Morgan fingerprint density at radius 3 is 2.15 bits per heavy atom. The lowest BCUT2D eigenvalue weighted by atomic mass is 9.97. The summed E-state index contributed by atoms with van der Waals surface area (Å²) >= 11 is 0. The van der Waals surface area contributed by atoms with Crippen LogP contribution in [0.1, 0.15) is 13.2 Å². The Morgan fingerprint density at radius 1 is 1.02 bits per heavy atom. The molecule has 3 heterocycles. The monoisotopic (exact) mass is 643 g/mol. The van der Waals surface area contributed by atoms with Crippen LogP contribution in [0.4, 0.5) is 4.48 Å². The van der Waals surface area contributed by atoms with E-state index in [9.17, 15) is 53.5 Å². The summed E-state index contributed by atoms with van der Waals surface area (Å²) in [6, 6.07) is -0.455. The van der Waals surface area contributed by atoms with Gasteiger partial charge in [0.2, 0.25) is 5.91 Å². The van der Waals surface area contributed by atoms with Crippen LogP contribution in [0, 0.1) is 0 Å². The van der Waals surface area contributed by atoms with Crippen LogP contribution in [-0.2, 0) is 32.2 Å². The number of aromatic nitrogens is 2. The van der Waals surface area contributed by atoms with Crippen LogP contribution in [0.5, 0.6) is 0 Å². The van der Waals surface area contributed by atoms with Gasteiger partial charge in [-0.05, 0) is 0 Å². The molecule has 2 unspecified atom stereocenters. The number of aliphatic hydroxyl groups is 6. The predicted molar refractivity (Wildman–Crippen MR) is 124 cm³/mol. The van der Waals surface area contributed by atoms with Gasteiger partial charge in [0.1, 0.15) is 42.7 Å².